The maximum Gasteiger partial charge on any atom is 0.258 e. The third-order valence-electron chi connectivity index (χ3n) is 2.23. The maximum absolute atomic E-state index is 13.1. The van der Waals surface area contributed by atoms with Gasteiger partial charge >= 0.3 is 0 Å². The minimum atomic E-state index is -0.795. The summed E-state index contributed by atoms with van der Waals surface area (Å²) in [5.74, 6) is -0.657. The van der Waals surface area contributed by atoms with E-state index in [9.17, 15) is 14.3 Å². The Morgan fingerprint density at radius 2 is 2.39 bits per heavy atom. The molecule has 1 aromatic carbocycles. The standard InChI is InChI=1S/C13H16FNO3/c1-3-6-15-13(17)8-18-12-7-10(14)4-5-11(12)9(2)16/h3-5,7,9,16H,1,6,8H2,2H3,(H,15,17)/t9-/m0/s1. The molecule has 0 spiro atoms. The van der Waals surface area contributed by atoms with Crippen LogP contribution < -0.4 is 10.1 Å². The van der Waals surface area contributed by atoms with Crippen LogP contribution in [0, 0.1) is 5.82 Å². The zero-order chi connectivity index (χ0) is 13.5. The predicted molar refractivity (Wildman–Crippen MR) is 65.7 cm³/mol. The van der Waals surface area contributed by atoms with Gasteiger partial charge in [-0.2, -0.15) is 0 Å². The van der Waals surface area contributed by atoms with Gasteiger partial charge in [0.1, 0.15) is 11.6 Å². The Labute approximate surface area is 105 Å². The number of aliphatic hydroxyl groups is 1. The summed E-state index contributed by atoms with van der Waals surface area (Å²) in [6.45, 7) is 5.10. The van der Waals surface area contributed by atoms with Gasteiger partial charge in [0.05, 0.1) is 6.10 Å². The molecule has 1 amide bonds. The Morgan fingerprint density at radius 1 is 1.67 bits per heavy atom. The van der Waals surface area contributed by atoms with Crippen molar-refractivity contribution >= 4 is 5.91 Å². The molecule has 0 aliphatic carbocycles. The predicted octanol–water partition coefficient (Wildman–Crippen LogP) is 1.56. The van der Waals surface area contributed by atoms with Gasteiger partial charge in [0.25, 0.3) is 5.91 Å². The maximum atomic E-state index is 13.1. The minimum absolute atomic E-state index is 0.166. The van der Waals surface area contributed by atoms with Crippen LogP contribution in [0.2, 0.25) is 0 Å². The second-order valence-corrected chi connectivity index (χ2v) is 3.74. The molecule has 0 aromatic heterocycles. The van der Waals surface area contributed by atoms with Gasteiger partial charge in [0, 0.05) is 18.2 Å². The molecule has 0 unspecified atom stereocenters. The molecule has 1 rings (SSSR count). The van der Waals surface area contributed by atoms with Gasteiger partial charge in [-0.25, -0.2) is 4.39 Å². The van der Waals surface area contributed by atoms with Crippen LogP contribution in [-0.2, 0) is 4.79 Å². The number of carbonyl (C=O) groups excluding carboxylic acids is 1. The highest BCUT2D eigenvalue weighted by atomic mass is 19.1. The second-order valence-electron chi connectivity index (χ2n) is 3.74. The van der Waals surface area contributed by atoms with Crippen LogP contribution in [-0.4, -0.2) is 24.2 Å². The van der Waals surface area contributed by atoms with Crippen molar-refractivity contribution in [3.63, 3.8) is 0 Å². The first-order valence-corrected chi connectivity index (χ1v) is 5.52. The molecule has 1 aromatic rings. The molecule has 0 aliphatic rings. The Bertz CT molecular complexity index is 432. The Balaban J connectivity index is 2.68. The van der Waals surface area contributed by atoms with E-state index in [4.69, 9.17) is 4.74 Å². The lowest BCUT2D eigenvalue weighted by Crippen LogP contribution is -2.29. The van der Waals surface area contributed by atoms with Gasteiger partial charge in [-0.1, -0.05) is 6.08 Å². The molecule has 0 aliphatic heterocycles. The Kier molecular flexibility index (Phi) is 5.32. The fourth-order valence-electron chi connectivity index (χ4n) is 1.36. The van der Waals surface area contributed by atoms with Crippen LogP contribution in [0.15, 0.2) is 30.9 Å². The molecule has 0 radical (unpaired) electrons. The largest absolute Gasteiger partial charge is 0.483 e. The zero-order valence-corrected chi connectivity index (χ0v) is 10.1. The summed E-state index contributed by atoms with van der Waals surface area (Å²) < 4.78 is 18.3. The fourth-order valence-corrected chi connectivity index (χ4v) is 1.36. The summed E-state index contributed by atoms with van der Waals surface area (Å²) in [6.07, 6.45) is 0.748. The molecule has 18 heavy (non-hydrogen) atoms. The Morgan fingerprint density at radius 3 is 3.00 bits per heavy atom. The SMILES string of the molecule is C=CCNC(=O)COc1cc(F)ccc1[C@H](C)O. The van der Waals surface area contributed by atoms with Gasteiger partial charge in [0.2, 0.25) is 0 Å². The highest BCUT2D eigenvalue weighted by molar-refractivity contribution is 5.77. The van der Waals surface area contributed by atoms with Gasteiger partial charge in [0.15, 0.2) is 6.61 Å². The number of nitrogens with one attached hydrogen (secondary N) is 1. The number of halogens is 1. The van der Waals surface area contributed by atoms with Gasteiger partial charge in [-0.05, 0) is 19.1 Å². The van der Waals surface area contributed by atoms with E-state index in [0.29, 0.717) is 12.1 Å². The van der Waals surface area contributed by atoms with Crippen LogP contribution in [0.3, 0.4) is 0 Å². The first-order valence-electron chi connectivity index (χ1n) is 5.52. The molecule has 0 heterocycles. The monoisotopic (exact) mass is 253 g/mol. The van der Waals surface area contributed by atoms with Crippen LogP contribution in [0.4, 0.5) is 4.39 Å². The smallest absolute Gasteiger partial charge is 0.258 e. The lowest BCUT2D eigenvalue weighted by atomic mass is 10.1. The van der Waals surface area contributed by atoms with E-state index >= 15 is 0 Å². The molecule has 1 atom stereocenters. The van der Waals surface area contributed by atoms with E-state index in [1.165, 1.54) is 19.1 Å². The molecular formula is C13H16FNO3. The van der Waals surface area contributed by atoms with E-state index in [1.807, 2.05) is 0 Å². The summed E-state index contributed by atoms with van der Waals surface area (Å²) in [6, 6.07) is 3.80. The number of aliphatic hydroxyl groups excluding tert-OH is 1. The highest BCUT2D eigenvalue weighted by Gasteiger charge is 2.11. The summed E-state index contributed by atoms with van der Waals surface area (Å²) in [5, 5.41) is 12.0. The summed E-state index contributed by atoms with van der Waals surface area (Å²) in [5.41, 5.74) is 0.438. The third-order valence-corrected chi connectivity index (χ3v) is 2.23. The quantitative estimate of drug-likeness (QED) is 0.756. The topological polar surface area (TPSA) is 58.6 Å². The van der Waals surface area contributed by atoms with Crippen molar-refractivity contribution in [2.24, 2.45) is 0 Å². The number of carbonyl (C=O) groups is 1. The summed E-state index contributed by atoms with van der Waals surface area (Å²) in [7, 11) is 0. The molecule has 0 saturated carbocycles. The molecule has 2 N–H and O–H groups in total. The van der Waals surface area contributed by atoms with Crippen molar-refractivity contribution in [3.05, 3.63) is 42.2 Å². The normalized spacial score (nSPS) is 11.7. The van der Waals surface area contributed by atoms with E-state index < -0.39 is 11.9 Å². The summed E-state index contributed by atoms with van der Waals surface area (Å²) >= 11 is 0. The van der Waals surface area contributed by atoms with Gasteiger partial charge < -0.3 is 15.2 Å². The average Bonchev–Trinajstić information content (AvgIpc) is 2.33. The number of benzene rings is 1. The van der Waals surface area contributed by atoms with Crippen LogP contribution in [0.1, 0.15) is 18.6 Å². The van der Waals surface area contributed by atoms with Gasteiger partial charge in [-0.15, -0.1) is 6.58 Å². The molecule has 98 valence electrons. The summed E-state index contributed by atoms with van der Waals surface area (Å²) in [4.78, 5) is 11.3. The first kappa shape index (κ1) is 14.2. The molecule has 5 heteroatoms. The number of rotatable bonds is 6. The first-order chi connectivity index (χ1) is 8.54. The van der Waals surface area contributed by atoms with Crippen LogP contribution in [0.25, 0.3) is 0 Å². The van der Waals surface area contributed by atoms with Gasteiger partial charge in [-0.3, -0.25) is 4.79 Å². The molecule has 0 saturated heterocycles. The van der Waals surface area contributed by atoms with Crippen molar-refractivity contribution in [1.29, 1.82) is 0 Å². The number of amides is 1. The van der Waals surface area contributed by atoms with E-state index in [0.717, 1.165) is 6.07 Å². The van der Waals surface area contributed by atoms with Crippen LogP contribution >= 0.6 is 0 Å². The highest BCUT2D eigenvalue weighted by Crippen LogP contribution is 2.25. The zero-order valence-electron chi connectivity index (χ0n) is 10.1. The molecular weight excluding hydrogens is 237 g/mol. The lowest BCUT2D eigenvalue weighted by molar-refractivity contribution is -0.122. The average molecular weight is 253 g/mol. The van der Waals surface area contributed by atoms with Crippen molar-refractivity contribution in [1.82, 2.24) is 5.32 Å². The van der Waals surface area contributed by atoms with Crippen molar-refractivity contribution in [3.8, 4) is 5.75 Å². The Hall–Kier alpha value is -1.88. The second kappa shape index (κ2) is 6.76. The lowest BCUT2D eigenvalue weighted by Gasteiger charge is -2.13. The number of hydrogen-bond acceptors (Lipinski definition) is 3. The number of ether oxygens (including phenoxy) is 1. The third kappa shape index (κ3) is 4.18. The van der Waals surface area contributed by atoms with Crippen molar-refractivity contribution < 1.29 is 19.0 Å². The molecule has 0 fully saturated rings. The van der Waals surface area contributed by atoms with Crippen LogP contribution in [0.5, 0.6) is 5.75 Å². The van der Waals surface area contributed by atoms with E-state index in [1.54, 1.807) is 6.08 Å². The minimum Gasteiger partial charge on any atom is -0.483 e. The molecule has 0 bridgehead atoms. The van der Waals surface area contributed by atoms with Crippen molar-refractivity contribution in [2.45, 2.75) is 13.0 Å². The number of hydrogen-bond donors (Lipinski definition) is 2. The van der Waals surface area contributed by atoms with E-state index in [-0.39, 0.29) is 18.3 Å². The van der Waals surface area contributed by atoms with E-state index in [2.05, 4.69) is 11.9 Å². The van der Waals surface area contributed by atoms with Crippen molar-refractivity contribution in [2.75, 3.05) is 13.2 Å². The molecule has 4 nitrogen and oxygen atoms in total. The fraction of sp³-hybridized carbons (Fsp3) is 0.308.